The summed E-state index contributed by atoms with van der Waals surface area (Å²) in [6, 6.07) is 0. The lowest BCUT2D eigenvalue weighted by Crippen LogP contribution is -2.17. The van der Waals surface area contributed by atoms with Crippen molar-refractivity contribution in [3.63, 3.8) is 0 Å². The predicted molar refractivity (Wildman–Crippen MR) is 83.4 cm³/mol. The third-order valence-electron chi connectivity index (χ3n) is 3.97. The molecule has 2 aliphatic rings. The highest BCUT2D eigenvalue weighted by Crippen LogP contribution is 2.40. The zero-order chi connectivity index (χ0) is 14.9. The topological polar surface area (TPSA) is 94.3 Å². The summed E-state index contributed by atoms with van der Waals surface area (Å²) in [4.78, 5) is 0.191. The highest BCUT2D eigenvalue weighted by atomic mass is 32.2. The van der Waals surface area contributed by atoms with Crippen LogP contribution in [0.3, 0.4) is 0 Å². The Balaban J connectivity index is 1.58. The molecule has 21 heavy (non-hydrogen) atoms. The third kappa shape index (κ3) is 3.32. The van der Waals surface area contributed by atoms with Crippen LogP contribution >= 0.6 is 11.5 Å². The molecule has 0 bridgehead atoms. The zero-order valence-electron chi connectivity index (χ0n) is 11.9. The maximum Gasteiger partial charge on any atom is 0.187 e. The lowest BCUT2D eigenvalue weighted by molar-refractivity contribution is 0.0659. The van der Waals surface area contributed by atoms with Crippen molar-refractivity contribution in [1.29, 1.82) is 0 Å². The van der Waals surface area contributed by atoms with Gasteiger partial charge in [-0.1, -0.05) is 12.8 Å². The van der Waals surface area contributed by atoms with Crippen LogP contribution in [-0.4, -0.2) is 37.3 Å². The largest absolute Gasteiger partial charge is 0.382 e. The molecule has 2 saturated carbocycles. The van der Waals surface area contributed by atoms with E-state index in [0.717, 1.165) is 37.2 Å². The van der Waals surface area contributed by atoms with E-state index in [1.54, 1.807) is 0 Å². The van der Waals surface area contributed by atoms with Gasteiger partial charge in [-0.3, -0.25) is 0 Å². The van der Waals surface area contributed by atoms with Gasteiger partial charge in [0.2, 0.25) is 0 Å². The fourth-order valence-electron chi connectivity index (χ4n) is 2.67. The van der Waals surface area contributed by atoms with Crippen molar-refractivity contribution in [2.45, 2.75) is 54.8 Å². The predicted octanol–water partition coefficient (Wildman–Crippen LogP) is 2.03. The molecule has 0 radical (unpaired) electrons. The normalized spacial score (nSPS) is 20.0. The van der Waals surface area contributed by atoms with E-state index in [9.17, 15) is 8.42 Å². The number of rotatable bonds is 7. The summed E-state index contributed by atoms with van der Waals surface area (Å²) < 4.78 is 34.5. The van der Waals surface area contributed by atoms with Crippen molar-refractivity contribution < 1.29 is 13.2 Å². The Labute approximate surface area is 129 Å². The Morgan fingerprint density at radius 1 is 1.29 bits per heavy atom. The van der Waals surface area contributed by atoms with Crippen molar-refractivity contribution in [3.8, 4) is 0 Å². The fraction of sp³-hybridized carbons (Fsp3) is 0.769. The molecule has 0 unspecified atom stereocenters. The Morgan fingerprint density at radius 2 is 2.00 bits per heavy atom. The number of nitrogens with zero attached hydrogens (tertiary/aromatic N) is 1. The third-order valence-corrected chi connectivity index (χ3v) is 7.24. The number of sulfone groups is 1. The number of nitrogens with one attached hydrogen (secondary N) is 1. The quantitative estimate of drug-likeness (QED) is 0.743. The molecule has 1 heterocycles. The zero-order valence-corrected chi connectivity index (χ0v) is 13.5. The van der Waals surface area contributed by atoms with Crippen LogP contribution in [0.4, 0.5) is 10.8 Å². The van der Waals surface area contributed by atoms with E-state index in [2.05, 4.69) is 9.69 Å². The first-order valence-corrected chi connectivity index (χ1v) is 9.75. The number of nitrogens with two attached hydrogens (primary N) is 1. The molecular formula is C13H21N3O3S2. The van der Waals surface area contributed by atoms with Gasteiger partial charge in [0.15, 0.2) is 15.7 Å². The minimum atomic E-state index is -3.32. The summed E-state index contributed by atoms with van der Waals surface area (Å²) in [6.07, 6.45) is 6.57. The standard InChI is InChI=1S/C13H21N3O3S2/c14-12-11(21(17,18)10-5-6-10)13(20-16-12)15-7-8-19-9-3-1-2-4-9/h9-10,15H,1-8H2,(H2,14,16). The molecule has 8 heteroatoms. The first kappa shape index (κ1) is 15.1. The maximum atomic E-state index is 12.4. The summed E-state index contributed by atoms with van der Waals surface area (Å²) >= 11 is 1.11. The van der Waals surface area contributed by atoms with Gasteiger partial charge in [-0.25, -0.2) is 8.42 Å². The number of hydrogen-bond acceptors (Lipinski definition) is 7. The SMILES string of the molecule is Nc1nsc(NCCOC2CCCC2)c1S(=O)(=O)C1CC1. The van der Waals surface area contributed by atoms with Gasteiger partial charge in [-0.05, 0) is 37.2 Å². The second-order valence-corrected chi connectivity index (χ2v) is 8.61. The lowest BCUT2D eigenvalue weighted by atomic mass is 10.3. The summed E-state index contributed by atoms with van der Waals surface area (Å²) in [6.45, 7) is 1.15. The molecule has 2 aliphatic carbocycles. The first-order chi connectivity index (χ1) is 10.1. The van der Waals surface area contributed by atoms with Gasteiger partial charge >= 0.3 is 0 Å². The smallest absolute Gasteiger partial charge is 0.187 e. The van der Waals surface area contributed by atoms with Crippen molar-refractivity contribution >= 4 is 32.2 Å². The van der Waals surface area contributed by atoms with Crippen molar-refractivity contribution in [1.82, 2.24) is 4.37 Å². The van der Waals surface area contributed by atoms with Crippen LogP contribution in [0.5, 0.6) is 0 Å². The molecule has 1 aromatic rings. The van der Waals surface area contributed by atoms with E-state index in [1.165, 1.54) is 12.8 Å². The number of hydrogen-bond donors (Lipinski definition) is 2. The van der Waals surface area contributed by atoms with Gasteiger partial charge in [0, 0.05) is 6.54 Å². The van der Waals surface area contributed by atoms with Gasteiger partial charge in [0.05, 0.1) is 18.0 Å². The van der Waals surface area contributed by atoms with Crippen LogP contribution < -0.4 is 11.1 Å². The second-order valence-electron chi connectivity index (χ2n) is 5.67. The van der Waals surface area contributed by atoms with Crippen LogP contribution in [0.2, 0.25) is 0 Å². The van der Waals surface area contributed by atoms with Gasteiger partial charge in [0.1, 0.15) is 9.90 Å². The Hall–Kier alpha value is -0.860. The van der Waals surface area contributed by atoms with Crippen LogP contribution in [0.15, 0.2) is 4.90 Å². The lowest BCUT2D eigenvalue weighted by Gasteiger charge is -2.12. The Bertz CT molecular complexity index is 590. The van der Waals surface area contributed by atoms with Crippen LogP contribution in [0, 0.1) is 0 Å². The van der Waals surface area contributed by atoms with E-state index in [4.69, 9.17) is 10.5 Å². The van der Waals surface area contributed by atoms with E-state index >= 15 is 0 Å². The number of ether oxygens (including phenoxy) is 1. The highest BCUT2D eigenvalue weighted by Gasteiger charge is 2.40. The van der Waals surface area contributed by atoms with E-state index in [0.29, 0.717) is 24.3 Å². The van der Waals surface area contributed by atoms with E-state index in [-0.39, 0.29) is 16.0 Å². The molecule has 3 rings (SSSR count). The molecule has 118 valence electrons. The van der Waals surface area contributed by atoms with Gasteiger partial charge in [-0.15, -0.1) is 0 Å². The Kier molecular flexibility index (Phi) is 4.37. The number of aromatic nitrogens is 1. The average Bonchev–Trinajstić information content (AvgIpc) is 3.07. The minimum Gasteiger partial charge on any atom is -0.382 e. The first-order valence-electron chi connectivity index (χ1n) is 7.43. The average molecular weight is 331 g/mol. The van der Waals surface area contributed by atoms with Crippen molar-refractivity contribution in [3.05, 3.63) is 0 Å². The molecule has 0 aromatic carbocycles. The fourth-order valence-corrected chi connectivity index (χ4v) is 5.58. The molecule has 3 N–H and O–H groups in total. The number of nitrogen functional groups attached to an aromatic ring is 1. The molecule has 0 atom stereocenters. The second kappa shape index (κ2) is 6.10. The molecular weight excluding hydrogens is 310 g/mol. The summed E-state index contributed by atoms with van der Waals surface area (Å²) in [5.74, 6) is 0.117. The van der Waals surface area contributed by atoms with Crippen molar-refractivity contribution in [2.24, 2.45) is 0 Å². The highest BCUT2D eigenvalue weighted by molar-refractivity contribution is 7.92. The van der Waals surface area contributed by atoms with Gasteiger partial charge in [0.25, 0.3) is 0 Å². The number of anilines is 2. The monoisotopic (exact) mass is 331 g/mol. The van der Waals surface area contributed by atoms with Gasteiger partial charge in [-0.2, -0.15) is 4.37 Å². The summed E-state index contributed by atoms with van der Waals surface area (Å²) in [7, 11) is -3.32. The van der Waals surface area contributed by atoms with Crippen LogP contribution in [0.25, 0.3) is 0 Å². The van der Waals surface area contributed by atoms with E-state index in [1.807, 2.05) is 0 Å². The van der Waals surface area contributed by atoms with E-state index < -0.39 is 9.84 Å². The molecule has 1 aromatic heterocycles. The molecule has 0 amide bonds. The van der Waals surface area contributed by atoms with Crippen LogP contribution in [-0.2, 0) is 14.6 Å². The molecule has 0 saturated heterocycles. The Morgan fingerprint density at radius 3 is 2.67 bits per heavy atom. The molecule has 0 spiro atoms. The van der Waals surface area contributed by atoms with Gasteiger partial charge < -0.3 is 15.8 Å². The van der Waals surface area contributed by atoms with Crippen LogP contribution in [0.1, 0.15) is 38.5 Å². The van der Waals surface area contributed by atoms with Crippen molar-refractivity contribution in [2.75, 3.05) is 24.2 Å². The molecule has 0 aliphatic heterocycles. The maximum absolute atomic E-state index is 12.4. The summed E-state index contributed by atoms with van der Waals surface area (Å²) in [5, 5.41) is 3.40. The molecule has 2 fully saturated rings. The summed E-state index contributed by atoms with van der Waals surface area (Å²) in [5.41, 5.74) is 5.75. The minimum absolute atomic E-state index is 0.117. The molecule has 6 nitrogen and oxygen atoms in total.